The number of hydrogen-bond donors (Lipinski definition) is 1. The molecule has 5 rings (SSSR count). The van der Waals surface area contributed by atoms with Crippen molar-refractivity contribution in [3.8, 4) is 11.5 Å². The van der Waals surface area contributed by atoms with Crippen molar-refractivity contribution < 1.29 is 19.1 Å². The molecule has 3 aliphatic heterocycles. The highest BCUT2D eigenvalue weighted by atomic mass is 16.5. The number of piperazine rings is 1. The van der Waals surface area contributed by atoms with Gasteiger partial charge in [0.05, 0.1) is 25.2 Å². The van der Waals surface area contributed by atoms with Crippen molar-refractivity contribution in [3.05, 3.63) is 58.7 Å². The Morgan fingerprint density at radius 2 is 1.68 bits per heavy atom. The van der Waals surface area contributed by atoms with Crippen LogP contribution in [0.1, 0.15) is 59.3 Å². The van der Waals surface area contributed by atoms with Crippen molar-refractivity contribution in [2.45, 2.75) is 38.6 Å². The first-order chi connectivity index (χ1) is 18.5. The molecule has 2 aromatic carbocycles. The highest BCUT2D eigenvalue weighted by Crippen LogP contribution is 2.48. The van der Waals surface area contributed by atoms with Gasteiger partial charge in [-0.1, -0.05) is 18.2 Å². The van der Waals surface area contributed by atoms with E-state index in [0.717, 1.165) is 55.8 Å². The maximum Gasteiger partial charge on any atom is 0.254 e. The molecule has 2 aromatic rings. The first kappa shape index (κ1) is 26.5. The summed E-state index contributed by atoms with van der Waals surface area (Å²) in [5, 5.41) is 3.22. The molecule has 1 saturated heterocycles. The van der Waals surface area contributed by atoms with Crippen LogP contribution in [0, 0.1) is 0 Å². The first-order valence-corrected chi connectivity index (χ1v) is 14.0. The Bertz CT molecular complexity index is 1160. The zero-order valence-electron chi connectivity index (χ0n) is 22.9. The Labute approximate surface area is 225 Å². The van der Waals surface area contributed by atoms with Gasteiger partial charge in [-0.05, 0) is 75.2 Å². The number of carbonyl (C=O) groups is 2. The van der Waals surface area contributed by atoms with Crippen LogP contribution < -0.4 is 14.8 Å². The second-order valence-electron chi connectivity index (χ2n) is 10.4. The number of benzene rings is 2. The van der Waals surface area contributed by atoms with E-state index in [4.69, 9.17) is 9.47 Å². The largest absolute Gasteiger partial charge is 0.490 e. The van der Waals surface area contributed by atoms with E-state index in [1.165, 1.54) is 0 Å². The summed E-state index contributed by atoms with van der Waals surface area (Å²) in [7, 11) is 2.16. The van der Waals surface area contributed by atoms with Crippen molar-refractivity contribution in [1.82, 2.24) is 20.0 Å². The molecule has 0 bridgehead atoms. The van der Waals surface area contributed by atoms with Gasteiger partial charge in [0.1, 0.15) is 0 Å². The molecule has 0 aliphatic carbocycles. The van der Waals surface area contributed by atoms with Gasteiger partial charge in [0, 0.05) is 44.8 Å². The number of ether oxygens (including phenoxy) is 2. The van der Waals surface area contributed by atoms with Crippen LogP contribution in [0.2, 0.25) is 0 Å². The van der Waals surface area contributed by atoms with Crippen LogP contribution in [0.25, 0.3) is 0 Å². The third-order valence-electron chi connectivity index (χ3n) is 8.01. The molecule has 8 heteroatoms. The lowest BCUT2D eigenvalue weighted by Gasteiger charge is -2.45. The van der Waals surface area contributed by atoms with Gasteiger partial charge < -0.3 is 29.5 Å². The molecular formula is C30H40N4O4. The Morgan fingerprint density at radius 3 is 2.42 bits per heavy atom. The maximum absolute atomic E-state index is 13.9. The molecule has 0 spiro atoms. The van der Waals surface area contributed by atoms with Crippen molar-refractivity contribution >= 4 is 11.8 Å². The van der Waals surface area contributed by atoms with E-state index in [0.29, 0.717) is 49.8 Å². The smallest absolute Gasteiger partial charge is 0.254 e. The molecule has 3 heterocycles. The number of nitrogens with zero attached hydrogens (tertiary/aromatic N) is 3. The van der Waals surface area contributed by atoms with Gasteiger partial charge in [-0.2, -0.15) is 0 Å². The van der Waals surface area contributed by atoms with Gasteiger partial charge >= 0.3 is 0 Å². The average Bonchev–Trinajstić information content (AvgIpc) is 2.93. The number of carbonyl (C=O) groups excluding carboxylic acids is 2. The summed E-state index contributed by atoms with van der Waals surface area (Å²) in [6, 6.07) is 11.2. The van der Waals surface area contributed by atoms with Gasteiger partial charge in [0.15, 0.2) is 11.5 Å². The fraction of sp³-hybridized carbons (Fsp3) is 0.533. The molecule has 2 atom stereocenters. The summed E-state index contributed by atoms with van der Waals surface area (Å²) >= 11 is 0. The molecule has 1 fully saturated rings. The third-order valence-corrected chi connectivity index (χ3v) is 8.01. The molecule has 204 valence electrons. The predicted octanol–water partition coefficient (Wildman–Crippen LogP) is 3.07. The molecule has 8 nitrogen and oxygen atoms in total. The number of fused-ring (bicyclic) bond motifs is 4. The fourth-order valence-corrected chi connectivity index (χ4v) is 6.05. The van der Waals surface area contributed by atoms with Gasteiger partial charge in [-0.15, -0.1) is 0 Å². The minimum absolute atomic E-state index is 0.0118. The summed E-state index contributed by atoms with van der Waals surface area (Å²) in [5.74, 6) is 0.848. The average molecular weight is 521 g/mol. The van der Waals surface area contributed by atoms with E-state index in [2.05, 4.69) is 22.2 Å². The first-order valence-electron chi connectivity index (χ1n) is 14.0. The Morgan fingerprint density at radius 1 is 0.974 bits per heavy atom. The summed E-state index contributed by atoms with van der Waals surface area (Å²) in [6.07, 6.45) is 1.62. The summed E-state index contributed by atoms with van der Waals surface area (Å²) in [5.41, 5.74) is 3.51. The third kappa shape index (κ3) is 5.24. The SMILES string of the molecule is CCOc1cc2c(cc1OCC)[C@H]1[C@H](C(=O)NCCCN3CCN(C)CC3)c3ccccc3C(=O)N1CC2. The summed E-state index contributed by atoms with van der Waals surface area (Å²) in [4.78, 5) is 34.2. The van der Waals surface area contributed by atoms with E-state index in [9.17, 15) is 9.59 Å². The zero-order valence-corrected chi connectivity index (χ0v) is 22.9. The van der Waals surface area contributed by atoms with E-state index in [1.807, 2.05) is 55.1 Å². The van der Waals surface area contributed by atoms with E-state index in [1.54, 1.807) is 0 Å². The van der Waals surface area contributed by atoms with Crippen molar-refractivity contribution in [2.75, 3.05) is 66.1 Å². The number of amides is 2. The van der Waals surface area contributed by atoms with Crippen LogP contribution in [-0.4, -0.2) is 92.6 Å². The van der Waals surface area contributed by atoms with E-state index in [-0.39, 0.29) is 17.9 Å². The summed E-state index contributed by atoms with van der Waals surface area (Å²) < 4.78 is 11.8. The molecular weight excluding hydrogens is 480 g/mol. The highest BCUT2D eigenvalue weighted by molar-refractivity contribution is 6.01. The van der Waals surface area contributed by atoms with Crippen molar-refractivity contribution in [1.29, 1.82) is 0 Å². The van der Waals surface area contributed by atoms with Crippen LogP contribution in [0.3, 0.4) is 0 Å². The molecule has 2 amide bonds. The Balaban J connectivity index is 1.42. The lowest BCUT2D eigenvalue weighted by atomic mass is 9.75. The van der Waals surface area contributed by atoms with Crippen LogP contribution in [0.15, 0.2) is 36.4 Å². The van der Waals surface area contributed by atoms with Crippen LogP contribution >= 0.6 is 0 Å². The van der Waals surface area contributed by atoms with Crippen molar-refractivity contribution in [3.63, 3.8) is 0 Å². The van der Waals surface area contributed by atoms with Gasteiger partial charge in [0.25, 0.3) is 5.91 Å². The fourth-order valence-electron chi connectivity index (χ4n) is 6.05. The quantitative estimate of drug-likeness (QED) is 0.513. The normalized spacial score (nSPS) is 21.3. The van der Waals surface area contributed by atoms with Crippen LogP contribution in [-0.2, 0) is 11.2 Å². The van der Waals surface area contributed by atoms with Gasteiger partial charge in [-0.3, -0.25) is 9.59 Å². The molecule has 3 aliphatic rings. The molecule has 38 heavy (non-hydrogen) atoms. The monoisotopic (exact) mass is 520 g/mol. The number of nitrogens with one attached hydrogen (secondary N) is 1. The highest BCUT2D eigenvalue weighted by Gasteiger charge is 2.46. The number of hydrogen-bond acceptors (Lipinski definition) is 6. The number of likely N-dealkylation sites (N-methyl/N-ethyl adjacent to an activating group) is 1. The number of rotatable bonds is 9. The molecule has 0 unspecified atom stereocenters. The zero-order chi connectivity index (χ0) is 26.6. The molecule has 0 saturated carbocycles. The van der Waals surface area contributed by atoms with Crippen LogP contribution in [0.4, 0.5) is 0 Å². The second-order valence-corrected chi connectivity index (χ2v) is 10.4. The van der Waals surface area contributed by atoms with E-state index >= 15 is 0 Å². The Hall–Kier alpha value is -3.10. The lowest BCUT2D eigenvalue weighted by molar-refractivity contribution is -0.124. The predicted molar refractivity (Wildman–Crippen MR) is 147 cm³/mol. The lowest BCUT2D eigenvalue weighted by Crippen LogP contribution is -2.50. The maximum atomic E-state index is 13.9. The van der Waals surface area contributed by atoms with Crippen molar-refractivity contribution in [2.24, 2.45) is 0 Å². The minimum Gasteiger partial charge on any atom is -0.490 e. The van der Waals surface area contributed by atoms with E-state index < -0.39 is 5.92 Å². The van der Waals surface area contributed by atoms with Gasteiger partial charge in [-0.25, -0.2) is 0 Å². The minimum atomic E-state index is -0.487. The molecule has 1 N–H and O–H groups in total. The molecule has 0 radical (unpaired) electrons. The Kier molecular flexibility index (Phi) is 8.19. The molecule has 0 aromatic heterocycles. The second kappa shape index (κ2) is 11.7. The van der Waals surface area contributed by atoms with Crippen LogP contribution in [0.5, 0.6) is 11.5 Å². The topological polar surface area (TPSA) is 74.4 Å². The standard InChI is InChI=1S/C30H40N4O4/c1-4-37-25-19-21-11-14-34-28(24(21)20-26(25)38-5-2)27(22-9-6-7-10-23(22)30(34)36)29(35)31-12-8-13-33-17-15-32(3)16-18-33/h6-7,9-10,19-20,27-28H,4-5,8,11-18H2,1-3H3,(H,31,35)/t27-,28+/m1/s1. The van der Waals surface area contributed by atoms with Gasteiger partial charge in [0.2, 0.25) is 5.91 Å². The summed E-state index contributed by atoms with van der Waals surface area (Å²) in [6.45, 7) is 11.4.